The Morgan fingerprint density at radius 1 is 1.03 bits per heavy atom. The van der Waals surface area contributed by atoms with Crippen molar-refractivity contribution >= 4 is 23.8 Å². The van der Waals surface area contributed by atoms with Gasteiger partial charge in [-0.1, -0.05) is 32.4 Å². The molecule has 10 heteroatoms. The first-order valence-corrected chi connectivity index (χ1v) is 9.64. The summed E-state index contributed by atoms with van der Waals surface area (Å²) in [4.78, 5) is 47.4. The lowest BCUT2D eigenvalue weighted by atomic mass is 9.98. The normalized spacial score (nSPS) is 14.8. The van der Waals surface area contributed by atoms with Crippen molar-refractivity contribution in [2.75, 3.05) is 0 Å². The minimum absolute atomic E-state index is 0.0662. The van der Waals surface area contributed by atoms with Crippen molar-refractivity contribution in [2.24, 2.45) is 11.7 Å². The molecule has 1 aromatic rings. The number of rotatable bonds is 12. The fraction of sp³-hybridized carbons (Fsp3) is 0.500. The van der Waals surface area contributed by atoms with E-state index in [9.17, 15) is 29.4 Å². The molecule has 4 atom stereocenters. The summed E-state index contributed by atoms with van der Waals surface area (Å²) in [5.41, 5.74) is 6.58. The van der Waals surface area contributed by atoms with E-state index < -0.39 is 48.3 Å². The lowest BCUT2D eigenvalue weighted by molar-refractivity contribution is -0.144. The highest BCUT2D eigenvalue weighted by Gasteiger charge is 2.30. The Hall–Kier alpha value is -3.14. The first-order chi connectivity index (χ1) is 14.0. The molecule has 0 radical (unpaired) electrons. The maximum absolute atomic E-state index is 12.6. The van der Waals surface area contributed by atoms with E-state index >= 15 is 0 Å². The van der Waals surface area contributed by atoms with Crippen LogP contribution in [0.25, 0.3) is 0 Å². The molecular formula is C20H29N3O7. The van der Waals surface area contributed by atoms with Gasteiger partial charge in [0.2, 0.25) is 11.8 Å². The van der Waals surface area contributed by atoms with E-state index in [0.29, 0.717) is 12.0 Å². The number of nitrogens with two attached hydrogens (primary N) is 1. The average molecular weight is 423 g/mol. The quantitative estimate of drug-likeness (QED) is 0.276. The first kappa shape index (κ1) is 24.9. The fourth-order valence-electron chi connectivity index (χ4n) is 2.73. The average Bonchev–Trinajstić information content (AvgIpc) is 2.69. The van der Waals surface area contributed by atoms with Gasteiger partial charge in [-0.15, -0.1) is 0 Å². The number of hydrogen-bond donors (Lipinski definition) is 6. The molecule has 0 aliphatic rings. The van der Waals surface area contributed by atoms with Crippen molar-refractivity contribution in [2.45, 2.75) is 57.7 Å². The molecule has 0 saturated heterocycles. The highest BCUT2D eigenvalue weighted by molar-refractivity contribution is 5.92. The fourth-order valence-corrected chi connectivity index (χ4v) is 2.73. The predicted molar refractivity (Wildman–Crippen MR) is 108 cm³/mol. The second-order valence-corrected chi connectivity index (χ2v) is 7.18. The van der Waals surface area contributed by atoms with E-state index in [1.165, 1.54) is 12.1 Å². The van der Waals surface area contributed by atoms with E-state index in [0.717, 1.165) is 0 Å². The van der Waals surface area contributed by atoms with Crippen LogP contribution in [0.3, 0.4) is 0 Å². The lowest BCUT2D eigenvalue weighted by Crippen LogP contribution is -2.56. The van der Waals surface area contributed by atoms with Gasteiger partial charge in [-0.05, 0) is 36.5 Å². The number of aliphatic carboxylic acids is 2. The number of phenols is 1. The van der Waals surface area contributed by atoms with Gasteiger partial charge >= 0.3 is 11.9 Å². The molecule has 1 aromatic carbocycles. The minimum Gasteiger partial charge on any atom is -0.508 e. The molecule has 0 fully saturated rings. The number of benzene rings is 1. The summed E-state index contributed by atoms with van der Waals surface area (Å²) in [5, 5.41) is 32.4. The number of hydrogen-bond acceptors (Lipinski definition) is 6. The van der Waals surface area contributed by atoms with Gasteiger partial charge in [0.1, 0.15) is 17.8 Å². The van der Waals surface area contributed by atoms with E-state index in [1.54, 1.807) is 26.0 Å². The number of nitrogens with one attached hydrogen (secondary N) is 2. The molecule has 0 aliphatic carbocycles. The van der Waals surface area contributed by atoms with E-state index in [2.05, 4.69) is 10.6 Å². The Balaban J connectivity index is 2.85. The smallest absolute Gasteiger partial charge is 0.326 e. The van der Waals surface area contributed by atoms with Crippen LogP contribution in [0.4, 0.5) is 0 Å². The Bertz CT molecular complexity index is 751. The molecular weight excluding hydrogens is 394 g/mol. The van der Waals surface area contributed by atoms with Crippen LogP contribution < -0.4 is 16.4 Å². The van der Waals surface area contributed by atoms with Crippen molar-refractivity contribution < 1.29 is 34.5 Å². The summed E-state index contributed by atoms with van der Waals surface area (Å²) in [7, 11) is 0. The Kier molecular flexibility index (Phi) is 9.76. The number of amides is 2. The van der Waals surface area contributed by atoms with Crippen LogP contribution in [-0.2, 0) is 25.6 Å². The van der Waals surface area contributed by atoms with E-state index in [4.69, 9.17) is 10.8 Å². The summed E-state index contributed by atoms with van der Waals surface area (Å²) in [5.74, 6) is -4.13. The van der Waals surface area contributed by atoms with Crippen LogP contribution in [0.1, 0.15) is 38.7 Å². The summed E-state index contributed by atoms with van der Waals surface area (Å²) >= 11 is 0. The molecule has 30 heavy (non-hydrogen) atoms. The van der Waals surface area contributed by atoms with Crippen molar-refractivity contribution in [3.05, 3.63) is 29.8 Å². The van der Waals surface area contributed by atoms with Crippen LogP contribution in [0.2, 0.25) is 0 Å². The standard InChI is InChI=1S/C20H29N3O7/c1-3-11(2)17(20(29)30)23-19(28)15(8-9-16(25)26)22-18(27)14(21)10-12-4-6-13(24)7-5-12/h4-7,11,14-15,17,24H,3,8-10,21H2,1-2H3,(H,22,27)(H,23,28)(H,25,26)(H,29,30). The van der Waals surface area contributed by atoms with Gasteiger partial charge in [-0.25, -0.2) is 4.79 Å². The van der Waals surface area contributed by atoms with Crippen LogP contribution in [-0.4, -0.2) is 57.2 Å². The number of phenolic OH excluding ortho intramolecular Hbond substituents is 1. The van der Waals surface area contributed by atoms with Gasteiger partial charge in [0.05, 0.1) is 6.04 Å². The zero-order valence-electron chi connectivity index (χ0n) is 17.0. The molecule has 0 aliphatic heterocycles. The third-order valence-electron chi connectivity index (χ3n) is 4.79. The summed E-state index contributed by atoms with van der Waals surface area (Å²) in [6.45, 7) is 3.44. The van der Waals surface area contributed by atoms with Gasteiger partial charge in [0.15, 0.2) is 0 Å². The molecule has 4 unspecified atom stereocenters. The zero-order valence-corrected chi connectivity index (χ0v) is 17.0. The Morgan fingerprint density at radius 2 is 1.63 bits per heavy atom. The number of carbonyl (C=O) groups excluding carboxylic acids is 2. The van der Waals surface area contributed by atoms with Crippen LogP contribution in [0, 0.1) is 5.92 Å². The zero-order chi connectivity index (χ0) is 22.8. The minimum atomic E-state index is -1.25. The molecule has 0 bridgehead atoms. The van der Waals surface area contributed by atoms with Crippen molar-refractivity contribution in [3.63, 3.8) is 0 Å². The maximum atomic E-state index is 12.6. The topological polar surface area (TPSA) is 179 Å². The maximum Gasteiger partial charge on any atom is 0.326 e. The van der Waals surface area contributed by atoms with E-state index in [-0.39, 0.29) is 24.5 Å². The lowest BCUT2D eigenvalue weighted by Gasteiger charge is -2.25. The molecule has 166 valence electrons. The van der Waals surface area contributed by atoms with Crippen LogP contribution >= 0.6 is 0 Å². The summed E-state index contributed by atoms with van der Waals surface area (Å²) in [6, 6.07) is 2.65. The van der Waals surface area contributed by atoms with Crippen LogP contribution in [0.15, 0.2) is 24.3 Å². The Morgan fingerprint density at radius 3 is 2.13 bits per heavy atom. The molecule has 7 N–H and O–H groups in total. The molecule has 1 rings (SSSR count). The summed E-state index contributed by atoms with van der Waals surface area (Å²) < 4.78 is 0. The van der Waals surface area contributed by atoms with Crippen molar-refractivity contribution in [1.82, 2.24) is 10.6 Å². The van der Waals surface area contributed by atoms with Gasteiger partial charge in [0.25, 0.3) is 0 Å². The molecule has 0 heterocycles. The number of carbonyl (C=O) groups is 4. The first-order valence-electron chi connectivity index (χ1n) is 9.64. The molecule has 0 spiro atoms. The summed E-state index contributed by atoms with van der Waals surface area (Å²) in [6.07, 6.45) is 0.0171. The van der Waals surface area contributed by atoms with Gasteiger partial charge in [-0.3, -0.25) is 14.4 Å². The number of carboxylic acid groups (broad SMARTS) is 2. The Labute approximate surface area is 174 Å². The van der Waals surface area contributed by atoms with Crippen molar-refractivity contribution in [1.29, 1.82) is 0 Å². The predicted octanol–water partition coefficient (Wildman–Crippen LogP) is 0.227. The number of aromatic hydroxyl groups is 1. The third-order valence-corrected chi connectivity index (χ3v) is 4.79. The van der Waals surface area contributed by atoms with Crippen LogP contribution in [0.5, 0.6) is 5.75 Å². The SMILES string of the molecule is CCC(C)C(NC(=O)C(CCC(=O)O)NC(=O)C(N)Cc1ccc(O)cc1)C(=O)O. The highest BCUT2D eigenvalue weighted by atomic mass is 16.4. The van der Waals surface area contributed by atoms with Crippen molar-refractivity contribution in [3.8, 4) is 5.75 Å². The van der Waals surface area contributed by atoms with Gasteiger partial charge < -0.3 is 31.7 Å². The molecule has 0 saturated carbocycles. The molecule has 10 nitrogen and oxygen atoms in total. The molecule has 2 amide bonds. The highest BCUT2D eigenvalue weighted by Crippen LogP contribution is 2.12. The van der Waals surface area contributed by atoms with Gasteiger partial charge in [0, 0.05) is 6.42 Å². The van der Waals surface area contributed by atoms with Gasteiger partial charge in [-0.2, -0.15) is 0 Å². The largest absolute Gasteiger partial charge is 0.508 e. The monoisotopic (exact) mass is 423 g/mol. The number of carboxylic acids is 2. The van der Waals surface area contributed by atoms with E-state index in [1.807, 2.05) is 0 Å². The molecule has 0 aromatic heterocycles. The second-order valence-electron chi connectivity index (χ2n) is 7.18. The third kappa shape index (κ3) is 8.08. The second kappa shape index (κ2) is 11.8.